The van der Waals surface area contributed by atoms with Crippen molar-refractivity contribution in [2.24, 2.45) is 0 Å². The van der Waals surface area contributed by atoms with Gasteiger partial charge in [-0.2, -0.15) is 0 Å². The Morgan fingerprint density at radius 1 is 0.962 bits per heavy atom. The van der Waals surface area contributed by atoms with Crippen LogP contribution in [0.25, 0.3) is 0 Å². The van der Waals surface area contributed by atoms with Gasteiger partial charge in [0.15, 0.2) is 0 Å². The average molecular weight is 377 g/mol. The highest BCUT2D eigenvalue weighted by molar-refractivity contribution is 6.27. The number of rotatable bonds is 5. The highest BCUT2D eigenvalue weighted by Gasteiger charge is 2.33. The molecule has 2 aliphatic rings. The van der Waals surface area contributed by atoms with Crippen LogP contribution in [0, 0.1) is 0 Å². The molecule has 2 amide bonds. The van der Waals surface area contributed by atoms with E-state index in [2.05, 4.69) is 16.7 Å². The molecule has 0 heterocycles. The van der Waals surface area contributed by atoms with E-state index >= 15 is 0 Å². The summed E-state index contributed by atoms with van der Waals surface area (Å²) >= 11 is 5.70. The lowest BCUT2D eigenvalue weighted by Crippen LogP contribution is -2.55. The number of nitrogens with one attached hydrogen (secondary N) is 2. The molecule has 0 atom stereocenters. The Labute approximate surface area is 161 Å². The molecule has 0 aromatic heterocycles. The number of amides is 2. The first-order chi connectivity index (χ1) is 12.6. The van der Waals surface area contributed by atoms with Crippen LogP contribution < -0.4 is 10.6 Å². The fraction of sp³-hybridized carbons (Fsp3) is 0.619. The second kappa shape index (κ2) is 8.90. The van der Waals surface area contributed by atoms with Gasteiger partial charge in [0.25, 0.3) is 5.91 Å². The van der Waals surface area contributed by atoms with Crippen LogP contribution in [-0.4, -0.2) is 29.8 Å². The Hall–Kier alpha value is -1.55. The molecule has 2 N–H and O–H groups in total. The van der Waals surface area contributed by atoms with Crippen LogP contribution in [-0.2, 0) is 17.6 Å². The van der Waals surface area contributed by atoms with Crippen LogP contribution in [0.4, 0.5) is 0 Å². The molecule has 0 radical (unpaired) electrons. The van der Waals surface area contributed by atoms with Crippen molar-refractivity contribution in [3.05, 3.63) is 34.9 Å². The lowest BCUT2D eigenvalue weighted by atomic mass is 9.89. The minimum absolute atomic E-state index is 0.0412. The molecule has 0 unspecified atom stereocenters. The molecule has 1 fully saturated rings. The summed E-state index contributed by atoms with van der Waals surface area (Å²) in [5.74, 6) is -0.251. The maximum absolute atomic E-state index is 12.7. The Morgan fingerprint density at radius 3 is 2.35 bits per heavy atom. The van der Waals surface area contributed by atoms with Crippen molar-refractivity contribution >= 4 is 23.4 Å². The van der Waals surface area contributed by atoms with Crippen LogP contribution in [0.2, 0.25) is 0 Å². The van der Waals surface area contributed by atoms with E-state index in [0.717, 1.165) is 44.1 Å². The zero-order valence-corrected chi connectivity index (χ0v) is 16.2. The van der Waals surface area contributed by atoms with E-state index in [1.54, 1.807) is 0 Å². The van der Waals surface area contributed by atoms with E-state index in [0.29, 0.717) is 6.54 Å². The van der Waals surface area contributed by atoms with Crippen LogP contribution >= 0.6 is 11.6 Å². The summed E-state index contributed by atoms with van der Waals surface area (Å²) in [6.45, 7) is 0.464. The van der Waals surface area contributed by atoms with Crippen molar-refractivity contribution < 1.29 is 9.59 Å². The van der Waals surface area contributed by atoms with Gasteiger partial charge < -0.3 is 10.6 Å². The first-order valence-electron chi connectivity index (χ1n) is 9.89. The summed E-state index contributed by atoms with van der Waals surface area (Å²) in [5, 5.41) is 6.17. The van der Waals surface area contributed by atoms with Gasteiger partial charge in [0, 0.05) is 12.1 Å². The van der Waals surface area contributed by atoms with Crippen molar-refractivity contribution in [2.75, 3.05) is 12.4 Å². The molecule has 142 valence electrons. The molecule has 1 saturated carbocycles. The molecular weight excluding hydrogens is 348 g/mol. The van der Waals surface area contributed by atoms with Crippen molar-refractivity contribution in [1.29, 1.82) is 0 Å². The zero-order chi connectivity index (χ0) is 18.4. The number of aryl methyl sites for hydroxylation is 2. The summed E-state index contributed by atoms with van der Waals surface area (Å²) < 4.78 is 0. The largest absolute Gasteiger partial charge is 0.350 e. The van der Waals surface area contributed by atoms with Crippen molar-refractivity contribution in [1.82, 2.24) is 10.6 Å². The van der Waals surface area contributed by atoms with Crippen molar-refractivity contribution in [3.8, 4) is 0 Å². The van der Waals surface area contributed by atoms with E-state index in [1.807, 2.05) is 12.1 Å². The van der Waals surface area contributed by atoms with Gasteiger partial charge in [-0.05, 0) is 61.8 Å². The van der Waals surface area contributed by atoms with Gasteiger partial charge in [0.1, 0.15) is 5.88 Å². The van der Waals surface area contributed by atoms with Crippen LogP contribution in [0.3, 0.4) is 0 Å². The lowest BCUT2D eigenvalue weighted by molar-refractivity contribution is -0.120. The highest BCUT2D eigenvalue weighted by atomic mass is 35.5. The number of halogens is 1. The molecule has 0 bridgehead atoms. The number of benzene rings is 1. The number of hydrogen-bond acceptors (Lipinski definition) is 2. The molecule has 26 heavy (non-hydrogen) atoms. The number of fused-ring (bicyclic) bond motifs is 1. The third kappa shape index (κ3) is 4.79. The molecule has 4 nitrogen and oxygen atoms in total. The molecule has 0 spiro atoms. The second-order valence-electron chi connectivity index (χ2n) is 7.75. The van der Waals surface area contributed by atoms with E-state index in [9.17, 15) is 9.59 Å². The summed E-state index contributed by atoms with van der Waals surface area (Å²) in [5.41, 5.74) is 3.04. The van der Waals surface area contributed by atoms with Crippen molar-refractivity contribution in [2.45, 2.75) is 69.7 Å². The smallest absolute Gasteiger partial charge is 0.251 e. The Morgan fingerprint density at radius 2 is 1.65 bits per heavy atom. The number of carbonyl (C=O) groups excluding carboxylic acids is 2. The molecule has 0 aliphatic heterocycles. The minimum atomic E-state index is -0.369. The number of hydrogen-bond donors (Lipinski definition) is 2. The maximum Gasteiger partial charge on any atom is 0.251 e. The predicted molar refractivity (Wildman–Crippen MR) is 105 cm³/mol. The second-order valence-corrected chi connectivity index (χ2v) is 8.02. The first-order valence-corrected chi connectivity index (χ1v) is 10.4. The quantitative estimate of drug-likeness (QED) is 0.607. The maximum atomic E-state index is 12.7. The fourth-order valence-corrected chi connectivity index (χ4v) is 4.37. The zero-order valence-electron chi connectivity index (χ0n) is 15.4. The predicted octanol–water partition coefficient (Wildman–Crippen LogP) is 3.74. The molecule has 3 rings (SSSR count). The van der Waals surface area contributed by atoms with E-state index in [4.69, 9.17) is 11.6 Å². The van der Waals surface area contributed by atoms with Gasteiger partial charge in [-0.1, -0.05) is 31.7 Å². The minimum Gasteiger partial charge on any atom is -0.350 e. The third-order valence-electron chi connectivity index (χ3n) is 5.78. The number of alkyl halides is 1. The van der Waals surface area contributed by atoms with Crippen LogP contribution in [0.5, 0.6) is 0 Å². The normalized spacial score (nSPS) is 19.1. The molecule has 2 aliphatic carbocycles. The molecule has 1 aromatic rings. The lowest BCUT2D eigenvalue weighted by Gasteiger charge is -2.34. The number of carbonyl (C=O) groups is 2. The highest BCUT2D eigenvalue weighted by Crippen LogP contribution is 2.27. The first kappa shape index (κ1) is 19.2. The molecule has 5 heteroatoms. The average Bonchev–Trinajstić information content (AvgIpc) is 2.91. The van der Waals surface area contributed by atoms with Gasteiger partial charge in [0.2, 0.25) is 5.91 Å². The third-order valence-corrected chi connectivity index (χ3v) is 6.03. The summed E-state index contributed by atoms with van der Waals surface area (Å²) in [6, 6.07) is 6.07. The van der Waals surface area contributed by atoms with E-state index in [-0.39, 0.29) is 23.2 Å². The van der Waals surface area contributed by atoms with Gasteiger partial charge in [-0.3, -0.25) is 9.59 Å². The SMILES string of the molecule is O=C(CCl)NC1(CNC(=O)c2ccc3c(c2)CCCC3)CCCCCC1. The summed E-state index contributed by atoms with van der Waals surface area (Å²) in [6.07, 6.45) is 10.9. The van der Waals surface area contributed by atoms with Gasteiger partial charge in [0.05, 0.1) is 5.54 Å². The Bertz CT molecular complexity index is 651. The molecular formula is C21H29ClN2O2. The van der Waals surface area contributed by atoms with Crippen LogP contribution in [0.1, 0.15) is 72.9 Å². The van der Waals surface area contributed by atoms with E-state index < -0.39 is 0 Å². The van der Waals surface area contributed by atoms with E-state index in [1.165, 1.54) is 36.8 Å². The van der Waals surface area contributed by atoms with Gasteiger partial charge in [-0.15, -0.1) is 11.6 Å². The standard InChI is InChI=1S/C21H29ClN2O2/c22-14-19(25)24-21(11-5-1-2-6-12-21)15-23-20(26)18-10-9-16-7-3-4-8-17(16)13-18/h9-10,13H,1-8,11-12,14-15H2,(H,23,26)(H,24,25). The van der Waals surface area contributed by atoms with Gasteiger partial charge >= 0.3 is 0 Å². The summed E-state index contributed by atoms with van der Waals surface area (Å²) in [4.78, 5) is 24.6. The summed E-state index contributed by atoms with van der Waals surface area (Å²) in [7, 11) is 0. The monoisotopic (exact) mass is 376 g/mol. The van der Waals surface area contributed by atoms with Gasteiger partial charge in [-0.25, -0.2) is 0 Å². The topological polar surface area (TPSA) is 58.2 Å². The Balaban J connectivity index is 1.67. The molecule has 1 aromatic carbocycles. The van der Waals surface area contributed by atoms with Crippen LogP contribution in [0.15, 0.2) is 18.2 Å². The van der Waals surface area contributed by atoms with Crippen molar-refractivity contribution in [3.63, 3.8) is 0 Å². The fourth-order valence-electron chi connectivity index (χ4n) is 4.31. The Kier molecular flexibility index (Phi) is 6.58. The molecule has 0 saturated heterocycles.